The fourth-order valence-electron chi connectivity index (χ4n) is 3.15. The van der Waals surface area contributed by atoms with Crippen LogP contribution in [0.25, 0.3) is 33.7 Å². The Morgan fingerprint density at radius 3 is 1.66 bits per heavy atom. The molecule has 2 heteroatoms. The molecule has 0 aliphatic rings. The van der Waals surface area contributed by atoms with E-state index in [-0.39, 0.29) is 0 Å². The Morgan fingerprint density at radius 1 is 0.655 bits per heavy atom. The van der Waals surface area contributed by atoms with E-state index >= 15 is 0 Å². The fourth-order valence-corrected chi connectivity index (χ4v) is 3.15. The second kappa shape index (κ2) is 9.11. The topological polar surface area (TPSA) is 12.5 Å². The highest BCUT2D eigenvalue weighted by molar-refractivity contribution is 5.88. The summed E-state index contributed by atoms with van der Waals surface area (Å²) in [4.78, 5) is 2.11. The quantitative estimate of drug-likeness (QED) is 0.376. The molecule has 29 heavy (non-hydrogen) atoms. The highest BCUT2D eigenvalue weighted by Gasteiger charge is 1.98. The summed E-state index contributed by atoms with van der Waals surface area (Å²) in [6.07, 6.45) is 3.73. The third kappa shape index (κ3) is 4.85. The molecule has 0 saturated carbocycles. The van der Waals surface area contributed by atoms with Gasteiger partial charge in [-0.15, -0.1) is 0 Å². The van der Waals surface area contributed by atoms with Crippen LogP contribution in [-0.2, 0) is 0 Å². The van der Waals surface area contributed by atoms with Gasteiger partial charge in [0.1, 0.15) is 5.75 Å². The van der Waals surface area contributed by atoms with E-state index in [2.05, 4.69) is 92.8 Å². The van der Waals surface area contributed by atoms with Crippen molar-refractivity contribution >= 4 is 39.4 Å². The van der Waals surface area contributed by atoms with Crippen LogP contribution in [-0.4, -0.2) is 21.2 Å². The van der Waals surface area contributed by atoms with Crippen molar-refractivity contribution < 1.29 is 4.74 Å². The molecule has 0 saturated heterocycles. The van der Waals surface area contributed by atoms with Gasteiger partial charge in [0.25, 0.3) is 0 Å². The summed E-state index contributed by atoms with van der Waals surface area (Å²) in [5.41, 5.74) is 3.54. The largest absolute Gasteiger partial charge is 0.497 e. The first kappa shape index (κ1) is 20.2. The van der Waals surface area contributed by atoms with Gasteiger partial charge in [-0.1, -0.05) is 61.7 Å². The predicted molar refractivity (Wildman–Crippen MR) is 129 cm³/mol. The standard InChI is InChI=1S/C14H15N.C13H12O/c1-4-11-5-6-13-10-14(15(2)3)8-7-12(13)9-11;1-3-10-4-5-12-9-13(14-2)7-6-11(12)8-10/h4-10H,1H2,2-3H3;3-9H,1H2,2H3. The molecule has 0 atom stereocenters. The number of hydrogen-bond donors (Lipinski definition) is 0. The summed E-state index contributed by atoms with van der Waals surface area (Å²) >= 11 is 0. The lowest BCUT2D eigenvalue weighted by Gasteiger charge is -2.13. The first-order valence-electron chi connectivity index (χ1n) is 9.58. The van der Waals surface area contributed by atoms with Gasteiger partial charge in [0.2, 0.25) is 0 Å². The molecule has 146 valence electrons. The zero-order valence-corrected chi connectivity index (χ0v) is 17.4. The smallest absolute Gasteiger partial charge is 0.119 e. The summed E-state index contributed by atoms with van der Waals surface area (Å²) < 4.78 is 5.16. The molecule has 0 heterocycles. The van der Waals surface area contributed by atoms with E-state index < -0.39 is 0 Å². The molecule has 4 rings (SSSR count). The number of methoxy groups -OCH3 is 1. The van der Waals surface area contributed by atoms with Crippen LogP contribution in [0.15, 0.2) is 86.0 Å². The lowest BCUT2D eigenvalue weighted by molar-refractivity contribution is 0.415. The average Bonchev–Trinajstić information content (AvgIpc) is 2.77. The third-order valence-corrected chi connectivity index (χ3v) is 4.91. The number of benzene rings is 4. The number of rotatable bonds is 4. The minimum atomic E-state index is 0.892. The number of nitrogens with zero attached hydrogens (tertiary/aromatic N) is 1. The van der Waals surface area contributed by atoms with Crippen LogP contribution in [0.1, 0.15) is 11.1 Å². The Hall–Kier alpha value is -3.52. The molecule has 0 aliphatic heterocycles. The Labute approximate surface area is 173 Å². The molecule has 0 bridgehead atoms. The monoisotopic (exact) mass is 381 g/mol. The Morgan fingerprint density at radius 2 is 1.14 bits per heavy atom. The second-order valence-corrected chi connectivity index (χ2v) is 7.07. The van der Waals surface area contributed by atoms with Gasteiger partial charge < -0.3 is 9.64 Å². The molecule has 0 N–H and O–H groups in total. The lowest BCUT2D eigenvalue weighted by atomic mass is 10.1. The number of fused-ring (bicyclic) bond motifs is 2. The van der Waals surface area contributed by atoms with Gasteiger partial charge in [0.15, 0.2) is 0 Å². The zero-order chi connectivity index (χ0) is 20.8. The van der Waals surface area contributed by atoms with Gasteiger partial charge in [0, 0.05) is 19.8 Å². The van der Waals surface area contributed by atoms with E-state index in [4.69, 9.17) is 4.74 Å². The summed E-state index contributed by atoms with van der Waals surface area (Å²) in [6.45, 7) is 7.52. The van der Waals surface area contributed by atoms with Crippen LogP contribution >= 0.6 is 0 Å². The van der Waals surface area contributed by atoms with E-state index in [1.54, 1.807) is 7.11 Å². The SMILES string of the molecule is C=Cc1ccc2cc(N(C)C)ccc2c1.C=Cc1ccc2cc(OC)ccc2c1. The van der Waals surface area contributed by atoms with Gasteiger partial charge >= 0.3 is 0 Å². The van der Waals surface area contributed by atoms with Crippen LogP contribution in [0.3, 0.4) is 0 Å². The molecule has 4 aromatic rings. The van der Waals surface area contributed by atoms with Crippen molar-refractivity contribution in [1.82, 2.24) is 0 Å². The normalized spacial score (nSPS) is 10.2. The highest BCUT2D eigenvalue weighted by atomic mass is 16.5. The van der Waals surface area contributed by atoms with Crippen LogP contribution in [0, 0.1) is 0 Å². The Kier molecular flexibility index (Phi) is 6.36. The van der Waals surface area contributed by atoms with Crippen molar-refractivity contribution in [3.8, 4) is 5.75 Å². The molecule has 4 aromatic carbocycles. The first-order valence-corrected chi connectivity index (χ1v) is 9.58. The molecular formula is C27H27NO. The summed E-state index contributed by atoms with van der Waals surface area (Å²) in [6, 6.07) is 25.2. The Balaban J connectivity index is 0.000000166. The first-order chi connectivity index (χ1) is 14.0. The molecule has 0 spiro atoms. The van der Waals surface area contributed by atoms with Gasteiger partial charge in [-0.2, -0.15) is 0 Å². The highest BCUT2D eigenvalue weighted by Crippen LogP contribution is 2.23. The molecule has 0 radical (unpaired) electrons. The van der Waals surface area contributed by atoms with E-state index in [0.717, 1.165) is 11.3 Å². The third-order valence-electron chi connectivity index (χ3n) is 4.91. The predicted octanol–water partition coefficient (Wildman–Crippen LogP) is 7.04. The molecule has 0 unspecified atom stereocenters. The maximum atomic E-state index is 5.16. The van der Waals surface area contributed by atoms with Crippen LogP contribution in [0.2, 0.25) is 0 Å². The average molecular weight is 382 g/mol. The van der Waals surface area contributed by atoms with E-state index in [9.17, 15) is 0 Å². The Bertz CT molecular complexity index is 1160. The van der Waals surface area contributed by atoms with Gasteiger partial charge in [-0.3, -0.25) is 0 Å². The van der Waals surface area contributed by atoms with Gasteiger partial charge in [0.05, 0.1) is 7.11 Å². The van der Waals surface area contributed by atoms with E-state index in [1.165, 1.54) is 32.8 Å². The molecule has 0 aromatic heterocycles. The minimum Gasteiger partial charge on any atom is -0.497 e. The van der Waals surface area contributed by atoms with Crippen molar-refractivity contribution in [2.75, 3.05) is 26.1 Å². The molecule has 2 nitrogen and oxygen atoms in total. The van der Waals surface area contributed by atoms with Gasteiger partial charge in [-0.05, 0) is 69.1 Å². The van der Waals surface area contributed by atoms with E-state index in [1.807, 2.05) is 24.3 Å². The molecular weight excluding hydrogens is 354 g/mol. The van der Waals surface area contributed by atoms with Gasteiger partial charge in [-0.25, -0.2) is 0 Å². The van der Waals surface area contributed by atoms with Crippen molar-refractivity contribution in [2.45, 2.75) is 0 Å². The number of ether oxygens (including phenoxy) is 1. The van der Waals surface area contributed by atoms with Crippen molar-refractivity contribution in [3.05, 3.63) is 97.1 Å². The number of anilines is 1. The molecule has 0 aliphatic carbocycles. The van der Waals surface area contributed by atoms with Crippen molar-refractivity contribution in [3.63, 3.8) is 0 Å². The summed E-state index contributed by atoms with van der Waals surface area (Å²) in [5, 5.41) is 4.93. The summed E-state index contributed by atoms with van der Waals surface area (Å²) in [7, 11) is 5.79. The van der Waals surface area contributed by atoms with Crippen molar-refractivity contribution in [1.29, 1.82) is 0 Å². The van der Waals surface area contributed by atoms with Crippen LogP contribution < -0.4 is 9.64 Å². The second-order valence-electron chi connectivity index (χ2n) is 7.07. The van der Waals surface area contributed by atoms with E-state index in [0.29, 0.717) is 0 Å². The fraction of sp³-hybridized carbons (Fsp3) is 0.111. The number of hydrogen-bond acceptors (Lipinski definition) is 2. The maximum Gasteiger partial charge on any atom is 0.119 e. The minimum absolute atomic E-state index is 0.892. The molecule has 0 amide bonds. The lowest BCUT2D eigenvalue weighted by Crippen LogP contribution is -2.07. The van der Waals surface area contributed by atoms with Crippen LogP contribution in [0.4, 0.5) is 5.69 Å². The van der Waals surface area contributed by atoms with Crippen LogP contribution in [0.5, 0.6) is 5.75 Å². The van der Waals surface area contributed by atoms with Crippen molar-refractivity contribution in [2.24, 2.45) is 0 Å². The molecule has 0 fully saturated rings. The maximum absolute atomic E-state index is 5.16. The summed E-state index contributed by atoms with van der Waals surface area (Å²) in [5.74, 6) is 0.892. The zero-order valence-electron chi connectivity index (χ0n) is 17.4.